The van der Waals surface area contributed by atoms with Crippen LogP contribution in [-0.4, -0.2) is 0 Å². The van der Waals surface area contributed by atoms with Crippen molar-refractivity contribution in [1.29, 1.82) is 0 Å². The molecule has 0 amide bonds. The Kier molecular flexibility index (Phi) is 3.31. The number of hydrogen-bond donors (Lipinski definition) is 1. The van der Waals surface area contributed by atoms with Crippen molar-refractivity contribution in [3.63, 3.8) is 0 Å². The Morgan fingerprint density at radius 2 is 1.04 bits per heavy atom. The zero-order chi connectivity index (χ0) is 19.0. The molecule has 1 spiro atoms. The van der Waals surface area contributed by atoms with E-state index < -0.39 is 0 Å². The standard InChI is InChI=1S/C25H15Br2N/c26-14-5-8-18-19-9-6-15(27)12-23(19)25(22(18)11-14)21-4-2-1-3-17(21)20-10-7-16(28)13-24(20)25/h1-13H,28H2. The Bertz CT molecular complexity index is 1230. The van der Waals surface area contributed by atoms with Gasteiger partial charge < -0.3 is 5.73 Å². The number of halogens is 2. The van der Waals surface area contributed by atoms with Gasteiger partial charge in [-0.15, -0.1) is 0 Å². The maximum absolute atomic E-state index is 6.30. The average Bonchev–Trinajstić information content (AvgIpc) is 3.13. The molecule has 0 unspecified atom stereocenters. The predicted molar refractivity (Wildman–Crippen MR) is 123 cm³/mol. The summed E-state index contributed by atoms with van der Waals surface area (Å²) in [6.45, 7) is 0. The topological polar surface area (TPSA) is 26.0 Å². The number of nitrogens with two attached hydrogens (primary N) is 1. The maximum Gasteiger partial charge on any atom is 0.0727 e. The summed E-state index contributed by atoms with van der Waals surface area (Å²) >= 11 is 7.43. The van der Waals surface area contributed by atoms with Gasteiger partial charge in [-0.25, -0.2) is 0 Å². The van der Waals surface area contributed by atoms with E-state index in [2.05, 4.69) is 105 Å². The molecule has 28 heavy (non-hydrogen) atoms. The molecule has 6 rings (SSSR count). The minimum absolute atomic E-state index is 0.348. The lowest BCUT2D eigenvalue weighted by Crippen LogP contribution is -2.26. The molecule has 134 valence electrons. The van der Waals surface area contributed by atoms with Gasteiger partial charge in [-0.05, 0) is 80.9 Å². The molecule has 0 aromatic heterocycles. The lowest BCUT2D eigenvalue weighted by Gasteiger charge is -2.30. The molecule has 0 atom stereocenters. The number of fused-ring (bicyclic) bond motifs is 10. The summed E-state index contributed by atoms with van der Waals surface area (Å²) in [6, 6.07) is 28.4. The lowest BCUT2D eigenvalue weighted by atomic mass is 9.70. The Morgan fingerprint density at radius 1 is 0.536 bits per heavy atom. The number of anilines is 1. The van der Waals surface area contributed by atoms with E-state index in [-0.39, 0.29) is 5.41 Å². The van der Waals surface area contributed by atoms with Gasteiger partial charge in [-0.3, -0.25) is 0 Å². The number of nitrogen functional groups attached to an aromatic ring is 1. The monoisotopic (exact) mass is 487 g/mol. The molecule has 0 saturated heterocycles. The van der Waals surface area contributed by atoms with Gasteiger partial charge in [0.2, 0.25) is 0 Å². The Morgan fingerprint density at radius 3 is 1.68 bits per heavy atom. The molecular formula is C25H15Br2N. The minimum Gasteiger partial charge on any atom is -0.399 e. The van der Waals surface area contributed by atoms with E-state index in [9.17, 15) is 0 Å². The second kappa shape index (κ2) is 5.59. The van der Waals surface area contributed by atoms with Crippen molar-refractivity contribution in [2.24, 2.45) is 0 Å². The molecule has 2 aliphatic carbocycles. The van der Waals surface area contributed by atoms with Crippen LogP contribution >= 0.6 is 31.9 Å². The van der Waals surface area contributed by atoms with Gasteiger partial charge in [-0.2, -0.15) is 0 Å². The van der Waals surface area contributed by atoms with Gasteiger partial charge in [0.15, 0.2) is 0 Å². The first-order chi connectivity index (χ1) is 13.6. The Balaban J connectivity index is 1.88. The van der Waals surface area contributed by atoms with E-state index >= 15 is 0 Å². The van der Waals surface area contributed by atoms with E-state index in [4.69, 9.17) is 5.73 Å². The van der Waals surface area contributed by atoms with Crippen LogP contribution < -0.4 is 5.73 Å². The van der Waals surface area contributed by atoms with Crippen molar-refractivity contribution >= 4 is 37.5 Å². The molecule has 0 fully saturated rings. The SMILES string of the molecule is Nc1ccc2c(c1)C1(c3ccccc3-2)c2cc(Br)ccc2-c2ccc(Br)cc21. The Hall–Kier alpha value is -2.36. The number of hydrogen-bond acceptors (Lipinski definition) is 1. The zero-order valence-electron chi connectivity index (χ0n) is 14.8. The smallest absolute Gasteiger partial charge is 0.0727 e. The first-order valence-corrected chi connectivity index (χ1v) is 10.8. The van der Waals surface area contributed by atoms with Gasteiger partial charge in [0.05, 0.1) is 5.41 Å². The molecule has 3 heteroatoms. The van der Waals surface area contributed by atoms with Crippen LogP contribution in [0.4, 0.5) is 5.69 Å². The van der Waals surface area contributed by atoms with E-state index in [1.54, 1.807) is 0 Å². The quantitative estimate of drug-likeness (QED) is 0.226. The molecule has 2 N–H and O–H groups in total. The van der Waals surface area contributed by atoms with Gasteiger partial charge in [0, 0.05) is 14.6 Å². The van der Waals surface area contributed by atoms with E-state index in [0.717, 1.165) is 14.6 Å². The molecule has 4 aromatic carbocycles. The first-order valence-electron chi connectivity index (χ1n) is 9.21. The van der Waals surface area contributed by atoms with Crippen molar-refractivity contribution < 1.29 is 0 Å². The molecule has 2 aliphatic rings. The molecule has 0 bridgehead atoms. The summed E-state index contributed by atoms with van der Waals surface area (Å²) in [5.41, 5.74) is 17.1. The summed E-state index contributed by atoms with van der Waals surface area (Å²) in [6.07, 6.45) is 0. The van der Waals surface area contributed by atoms with Gasteiger partial charge in [0.25, 0.3) is 0 Å². The summed E-state index contributed by atoms with van der Waals surface area (Å²) in [5.74, 6) is 0. The van der Waals surface area contributed by atoms with Crippen LogP contribution in [0, 0.1) is 0 Å². The molecule has 0 aliphatic heterocycles. The van der Waals surface area contributed by atoms with Crippen molar-refractivity contribution in [3.05, 3.63) is 110 Å². The first kappa shape index (κ1) is 16.6. The third-order valence-electron chi connectivity index (χ3n) is 6.13. The van der Waals surface area contributed by atoms with Crippen LogP contribution in [0.1, 0.15) is 22.3 Å². The fourth-order valence-electron chi connectivity index (χ4n) is 5.15. The second-order valence-electron chi connectivity index (χ2n) is 7.48. The van der Waals surface area contributed by atoms with Gasteiger partial charge in [-0.1, -0.05) is 74.3 Å². The fraction of sp³-hybridized carbons (Fsp3) is 0.0400. The van der Waals surface area contributed by atoms with E-state index in [1.807, 2.05) is 6.07 Å². The maximum atomic E-state index is 6.30. The molecular weight excluding hydrogens is 474 g/mol. The van der Waals surface area contributed by atoms with E-state index in [0.29, 0.717) is 0 Å². The van der Waals surface area contributed by atoms with Crippen molar-refractivity contribution in [2.45, 2.75) is 5.41 Å². The van der Waals surface area contributed by atoms with Crippen LogP contribution in [0.15, 0.2) is 87.8 Å². The summed E-state index contributed by atoms with van der Waals surface area (Å²) in [4.78, 5) is 0. The Labute approximate surface area is 180 Å². The van der Waals surface area contributed by atoms with Crippen molar-refractivity contribution in [1.82, 2.24) is 0 Å². The minimum atomic E-state index is -0.348. The molecule has 1 nitrogen and oxygen atoms in total. The van der Waals surface area contributed by atoms with E-state index in [1.165, 1.54) is 44.5 Å². The van der Waals surface area contributed by atoms with Crippen LogP contribution in [-0.2, 0) is 5.41 Å². The molecule has 0 radical (unpaired) electrons. The third-order valence-corrected chi connectivity index (χ3v) is 7.12. The normalized spacial score (nSPS) is 14.5. The number of rotatable bonds is 0. The predicted octanol–water partition coefficient (Wildman–Crippen LogP) is 7.14. The highest BCUT2D eigenvalue weighted by atomic mass is 79.9. The molecule has 0 heterocycles. The molecule has 4 aromatic rings. The summed E-state index contributed by atoms with van der Waals surface area (Å²) in [5, 5.41) is 0. The van der Waals surface area contributed by atoms with Gasteiger partial charge in [0.1, 0.15) is 0 Å². The zero-order valence-corrected chi connectivity index (χ0v) is 18.0. The van der Waals surface area contributed by atoms with Gasteiger partial charge >= 0.3 is 0 Å². The largest absolute Gasteiger partial charge is 0.399 e. The van der Waals surface area contributed by atoms with Crippen LogP contribution in [0.25, 0.3) is 22.3 Å². The lowest BCUT2D eigenvalue weighted by molar-refractivity contribution is 0.793. The number of benzene rings is 4. The third kappa shape index (κ3) is 1.91. The van der Waals surface area contributed by atoms with Crippen LogP contribution in [0.3, 0.4) is 0 Å². The molecule has 0 saturated carbocycles. The van der Waals surface area contributed by atoms with Crippen molar-refractivity contribution in [3.8, 4) is 22.3 Å². The highest BCUT2D eigenvalue weighted by Crippen LogP contribution is 2.63. The van der Waals surface area contributed by atoms with Crippen LogP contribution in [0.2, 0.25) is 0 Å². The van der Waals surface area contributed by atoms with Crippen LogP contribution in [0.5, 0.6) is 0 Å². The fourth-order valence-corrected chi connectivity index (χ4v) is 5.87. The second-order valence-corrected chi connectivity index (χ2v) is 9.31. The average molecular weight is 489 g/mol. The highest BCUT2D eigenvalue weighted by molar-refractivity contribution is 9.10. The summed E-state index contributed by atoms with van der Waals surface area (Å²) < 4.78 is 2.18. The highest BCUT2D eigenvalue weighted by Gasteiger charge is 2.51. The van der Waals surface area contributed by atoms with Crippen molar-refractivity contribution in [2.75, 3.05) is 5.73 Å². The summed E-state index contributed by atoms with van der Waals surface area (Å²) in [7, 11) is 0.